The van der Waals surface area contributed by atoms with Gasteiger partial charge in [-0.3, -0.25) is 14.3 Å². The molecule has 0 amide bonds. The number of anilines is 2. The van der Waals surface area contributed by atoms with Gasteiger partial charge in [-0.25, -0.2) is 9.78 Å². The summed E-state index contributed by atoms with van der Waals surface area (Å²) >= 11 is 0. The Balaban J connectivity index is 2.22. The zero-order chi connectivity index (χ0) is 14.0. The predicted octanol–water partition coefficient (Wildman–Crippen LogP) is -0.647. The molecular formula is C11H16N6O2. The number of nitrogen functional groups attached to an aromatic ring is 1. The standard InChI is InChI=1S/C11H16N6O2/c1-7(5-17-4-3-13-6-17)14-8-9(12)16(2)11(19)15-10(8)18/h3-4,6-7,14H,5,12H2,1-2H3,(H,15,18,19). The molecule has 8 nitrogen and oxygen atoms in total. The van der Waals surface area contributed by atoms with Crippen LogP contribution in [0.4, 0.5) is 11.5 Å². The summed E-state index contributed by atoms with van der Waals surface area (Å²) < 4.78 is 3.07. The minimum Gasteiger partial charge on any atom is -0.383 e. The van der Waals surface area contributed by atoms with E-state index in [2.05, 4.69) is 15.3 Å². The third kappa shape index (κ3) is 2.67. The quantitative estimate of drug-likeness (QED) is 0.679. The van der Waals surface area contributed by atoms with E-state index in [-0.39, 0.29) is 17.5 Å². The number of imidazole rings is 1. The highest BCUT2D eigenvalue weighted by Gasteiger charge is 2.12. The summed E-state index contributed by atoms with van der Waals surface area (Å²) in [4.78, 5) is 29.2. The average molecular weight is 264 g/mol. The van der Waals surface area contributed by atoms with Crippen LogP contribution in [-0.2, 0) is 13.6 Å². The number of nitrogens with two attached hydrogens (primary N) is 1. The van der Waals surface area contributed by atoms with E-state index >= 15 is 0 Å². The zero-order valence-corrected chi connectivity index (χ0v) is 10.8. The highest BCUT2D eigenvalue weighted by molar-refractivity contribution is 5.60. The van der Waals surface area contributed by atoms with Gasteiger partial charge < -0.3 is 15.6 Å². The van der Waals surface area contributed by atoms with Gasteiger partial charge in [0, 0.05) is 32.0 Å². The van der Waals surface area contributed by atoms with E-state index in [0.717, 1.165) is 0 Å². The summed E-state index contributed by atoms with van der Waals surface area (Å²) in [5.41, 5.74) is 4.92. The molecule has 4 N–H and O–H groups in total. The van der Waals surface area contributed by atoms with Crippen LogP contribution >= 0.6 is 0 Å². The molecule has 2 aromatic rings. The Morgan fingerprint density at radius 3 is 2.89 bits per heavy atom. The van der Waals surface area contributed by atoms with Crippen LogP contribution in [0.15, 0.2) is 28.3 Å². The summed E-state index contributed by atoms with van der Waals surface area (Å²) in [6, 6.07) is -0.0462. The minimum atomic E-state index is -0.532. The number of rotatable bonds is 4. The van der Waals surface area contributed by atoms with Gasteiger partial charge in [0.25, 0.3) is 5.56 Å². The molecule has 0 bridgehead atoms. The molecule has 0 radical (unpaired) electrons. The normalized spacial score (nSPS) is 12.3. The van der Waals surface area contributed by atoms with Crippen molar-refractivity contribution >= 4 is 11.5 Å². The number of hydrogen-bond donors (Lipinski definition) is 3. The molecule has 19 heavy (non-hydrogen) atoms. The summed E-state index contributed by atoms with van der Waals surface area (Å²) in [7, 11) is 1.50. The molecule has 0 aliphatic rings. The molecule has 0 fully saturated rings. The predicted molar refractivity (Wildman–Crippen MR) is 72.0 cm³/mol. The van der Waals surface area contributed by atoms with Crippen LogP contribution in [0.1, 0.15) is 6.92 Å². The molecule has 0 saturated carbocycles. The molecule has 0 saturated heterocycles. The van der Waals surface area contributed by atoms with Crippen molar-refractivity contribution in [3.63, 3.8) is 0 Å². The molecular weight excluding hydrogens is 248 g/mol. The van der Waals surface area contributed by atoms with Gasteiger partial charge in [0.15, 0.2) is 0 Å². The maximum absolute atomic E-state index is 11.7. The molecule has 0 spiro atoms. The second-order valence-electron chi connectivity index (χ2n) is 4.38. The maximum Gasteiger partial charge on any atom is 0.329 e. The summed E-state index contributed by atoms with van der Waals surface area (Å²) in [5, 5.41) is 3.01. The first-order valence-corrected chi connectivity index (χ1v) is 5.80. The van der Waals surface area contributed by atoms with E-state index in [0.29, 0.717) is 6.54 Å². The fraction of sp³-hybridized carbons (Fsp3) is 0.364. The lowest BCUT2D eigenvalue weighted by Gasteiger charge is -2.17. The molecule has 0 aliphatic carbocycles. The van der Waals surface area contributed by atoms with Crippen LogP contribution in [0.2, 0.25) is 0 Å². The molecule has 1 unspecified atom stereocenters. The van der Waals surface area contributed by atoms with E-state index in [1.165, 1.54) is 11.6 Å². The number of aromatic amines is 1. The molecule has 2 rings (SSSR count). The van der Waals surface area contributed by atoms with Crippen LogP contribution < -0.4 is 22.3 Å². The van der Waals surface area contributed by atoms with Crippen molar-refractivity contribution in [3.05, 3.63) is 39.6 Å². The first-order valence-electron chi connectivity index (χ1n) is 5.80. The first-order chi connectivity index (χ1) is 8.99. The Bertz CT molecular complexity index is 669. The Morgan fingerprint density at radius 2 is 2.26 bits per heavy atom. The van der Waals surface area contributed by atoms with Crippen molar-refractivity contribution in [2.45, 2.75) is 19.5 Å². The SMILES string of the molecule is CC(Cn1ccnc1)Nc1c(N)n(C)c(=O)[nH]c1=O. The van der Waals surface area contributed by atoms with Gasteiger partial charge in [-0.2, -0.15) is 0 Å². The van der Waals surface area contributed by atoms with Crippen molar-refractivity contribution in [1.82, 2.24) is 19.1 Å². The van der Waals surface area contributed by atoms with Crippen molar-refractivity contribution in [2.75, 3.05) is 11.1 Å². The lowest BCUT2D eigenvalue weighted by atomic mass is 10.3. The molecule has 102 valence electrons. The van der Waals surface area contributed by atoms with Crippen LogP contribution in [0, 0.1) is 0 Å². The maximum atomic E-state index is 11.7. The fourth-order valence-corrected chi connectivity index (χ4v) is 1.78. The Labute approximate surface area is 108 Å². The number of nitrogens with zero attached hydrogens (tertiary/aromatic N) is 3. The number of H-pyrrole nitrogens is 1. The Hall–Kier alpha value is -2.51. The van der Waals surface area contributed by atoms with Crippen molar-refractivity contribution < 1.29 is 0 Å². The zero-order valence-electron chi connectivity index (χ0n) is 10.8. The minimum absolute atomic E-state index is 0.0462. The van der Waals surface area contributed by atoms with Crippen LogP contribution in [0.25, 0.3) is 0 Å². The van der Waals surface area contributed by atoms with Crippen molar-refractivity contribution in [2.24, 2.45) is 7.05 Å². The topological polar surface area (TPSA) is 111 Å². The molecule has 8 heteroatoms. The fourth-order valence-electron chi connectivity index (χ4n) is 1.78. The van der Waals surface area contributed by atoms with E-state index in [9.17, 15) is 9.59 Å². The van der Waals surface area contributed by atoms with Crippen LogP contribution in [0.3, 0.4) is 0 Å². The lowest BCUT2D eigenvalue weighted by molar-refractivity contribution is 0.617. The number of nitrogens with one attached hydrogen (secondary N) is 2. The highest BCUT2D eigenvalue weighted by Crippen LogP contribution is 2.10. The van der Waals surface area contributed by atoms with Gasteiger partial charge in [-0.15, -0.1) is 0 Å². The van der Waals surface area contributed by atoms with Crippen molar-refractivity contribution in [3.8, 4) is 0 Å². The lowest BCUT2D eigenvalue weighted by Crippen LogP contribution is -2.34. The number of hydrogen-bond acceptors (Lipinski definition) is 5. The van der Waals surface area contributed by atoms with Gasteiger partial charge in [0.1, 0.15) is 11.5 Å². The summed E-state index contributed by atoms with van der Waals surface area (Å²) in [5.74, 6) is 0.117. The van der Waals surface area contributed by atoms with Gasteiger partial charge in [0.2, 0.25) is 0 Å². The summed E-state index contributed by atoms with van der Waals surface area (Å²) in [6.45, 7) is 2.53. The second-order valence-corrected chi connectivity index (χ2v) is 4.38. The third-order valence-corrected chi connectivity index (χ3v) is 2.80. The Morgan fingerprint density at radius 1 is 1.53 bits per heavy atom. The van der Waals surface area contributed by atoms with E-state index in [1.807, 2.05) is 17.7 Å². The Kier molecular flexibility index (Phi) is 3.41. The molecule has 2 aromatic heterocycles. The van der Waals surface area contributed by atoms with E-state index in [4.69, 9.17) is 5.73 Å². The van der Waals surface area contributed by atoms with Gasteiger partial charge in [0.05, 0.1) is 6.33 Å². The first kappa shape index (κ1) is 12.9. The molecule has 0 aliphatic heterocycles. The van der Waals surface area contributed by atoms with Gasteiger partial charge >= 0.3 is 5.69 Å². The van der Waals surface area contributed by atoms with Crippen molar-refractivity contribution in [1.29, 1.82) is 0 Å². The van der Waals surface area contributed by atoms with E-state index in [1.54, 1.807) is 12.5 Å². The summed E-state index contributed by atoms with van der Waals surface area (Å²) in [6.07, 6.45) is 5.19. The van der Waals surface area contributed by atoms with Gasteiger partial charge in [-0.05, 0) is 6.92 Å². The molecule has 2 heterocycles. The smallest absolute Gasteiger partial charge is 0.329 e. The largest absolute Gasteiger partial charge is 0.383 e. The number of aromatic nitrogens is 4. The highest BCUT2D eigenvalue weighted by atomic mass is 16.2. The molecule has 0 aromatic carbocycles. The monoisotopic (exact) mass is 264 g/mol. The third-order valence-electron chi connectivity index (χ3n) is 2.80. The van der Waals surface area contributed by atoms with Gasteiger partial charge in [-0.1, -0.05) is 0 Å². The van der Waals surface area contributed by atoms with E-state index < -0.39 is 11.2 Å². The van der Waals surface area contributed by atoms with Crippen LogP contribution in [-0.4, -0.2) is 25.1 Å². The van der Waals surface area contributed by atoms with Crippen LogP contribution in [0.5, 0.6) is 0 Å². The second kappa shape index (κ2) is 5.01. The average Bonchev–Trinajstić information content (AvgIpc) is 2.85. The molecule has 1 atom stereocenters.